The Hall–Kier alpha value is 0.194. The van der Waals surface area contributed by atoms with Crippen LogP contribution < -0.4 is 0 Å². The first-order chi connectivity index (χ1) is 7.59. The molecule has 1 saturated carbocycles. The minimum Gasteiger partial charge on any atom is -0.520 e. The Morgan fingerprint density at radius 2 is 1.53 bits per heavy atom. The Labute approximate surface area is 112 Å². The second kappa shape index (κ2) is 5.45. The lowest BCUT2D eigenvalue weighted by molar-refractivity contribution is -0.140. The van der Waals surface area contributed by atoms with Gasteiger partial charge in [-0.3, -0.25) is 4.79 Å². The van der Waals surface area contributed by atoms with Crippen LogP contribution in [0.25, 0.3) is 0 Å². The monoisotopic (exact) mass is 292 g/mol. The molecule has 1 aliphatic rings. The molecule has 0 aromatic heterocycles. The SMILES string of the molecule is C[Si](C)(C)OC(=O)C1CCC([Si](C)(C)Cl)CC1. The van der Waals surface area contributed by atoms with Gasteiger partial charge in [0.25, 0.3) is 5.97 Å². The van der Waals surface area contributed by atoms with Crippen molar-refractivity contribution in [3.63, 3.8) is 0 Å². The number of carbonyl (C=O) groups excluding carboxylic acids is 1. The van der Waals surface area contributed by atoms with Crippen LogP contribution in [0.3, 0.4) is 0 Å². The number of hydrogen-bond donors (Lipinski definition) is 0. The van der Waals surface area contributed by atoms with E-state index in [1.807, 2.05) is 0 Å². The van der Waals surface area contributed by atoms with Gasteiger partial charge >= 0.3 is 0 Å². The highest BCUT2D eigenvalue weighted by atomic mass is 35.6. The van der Waals surface area contributed by atoms with E-state index >= 15 is 0 Å². The zero-order chi connectivity index (χ0) is 13.3. The molecule has 0 spiro atoms. The van der Waals surface area contributed by atoms with Gasteiger partial charge in [-0.1, -0.05) is 25.9 Å². The number of halogens is 1. The Morgan fingerprint density at radius 1 is 1.06 bits per heavy atom. The molecule has 0 N–H and O–H groups in total. The Kier molecular flexibility index (Phi) is 4.89. The predicted octanol–water partition coefficient (Wildman–Crippen LogP) is 4.37. The molecule has 2 nitrogen and oxygen atoms in total. The Bertz CT molecular complexity index is 273. The summed E-state index contributed by atoms with van der Waals surface area (Å²) in [4.78, 5) is 12.0. The molecule has 0 amide bonds. The molecule has 0 aromatic carbocycles. The zero-order valence-electron chi connectivity index (χ0n) is 11.7. The molecule has 1 rings (SSSR count). The summed E-state index contributed by atoms with van der Waals surface area (Å²) in [6, 6.07) is 0. The first-order valence-electron chi connectivity index (χ1n) is 6.51. The molecular formula is C12H25ClO2Si2. The van der Waals surface area contributed by atoms with Crippen LogP contribution in [-0.2, 0) is 9.22 Å². The molecule has 0 saturated heterocycles. The van der Waals surface area contributed by atoms with E-state index in [9.17, 15) is 4.79 Å². The highest BCUT2D eigenvalue weighted by Crippen LogP contribution is 2.41. The van der Waals surface area contributed by atoms with Crippen LogP contribution in [-0.4, -0.2) is 21.7 Å². The van der Waals surface area contributed by atoms with Crippen LogP contribution in [0, 0.1) is 5.92 Å². The zero-order valence-corrected chi connectivity index (χ0v) is 14.4. The topological polar surface area (TPSA) is 26.3 Å². The van der Waals surface area contributed by atoms with E-state index in [4.69, 9.17) is 15.5 Å². The van der Waals surface area contributed by atoms with Gasteiger partial charge in [0.1, 0.15) is 0 Å². The molecular weight excluding hydrogens is 268 g/mol. The van der Waals surface area contributed by atoms with E-state index in [2.05, 4.69) is 32.7 Å². The van der Waals surface area contributed by atoms with Gasteiger partial charge in [0, 0.05) is 0 Å². The van der Waals surface area contributed by atoms with Crippen molar-refractivity contribution in [3.8, 4) is 0 Å². The predicted molar refractivity (Wildman–Crippen MR) is 78.5 cm³/mol. The Morgan fingerprint density at radius 3 is 1.88 bits per heavy atom. The maximum atomic E-state index is 12.0. The van der Waals surface area contributed by atoms with Crippen molar-refractivity contribution in [2.75, 3.05) is 0 Å². The summed E-state index contributed by atoms with van der Waals surface area (Å²) < 4.78 is 5.58. The van der Waals surface area contributed by atoms with Crippen LogP contribution in [0.1, 0.15) is 25.7 Å². The summed E-state index contributed by atoms with van der Waals surface area (Å²) >= 11 is 6.48. The average molecular weight is 293 g/mol. The lowest BCUT2D eigenvalue weighted by Crippen LogP contribution is -2.36. The van der Waals surface area contributed by atoms with E-state index in [1.165, 1.54) is 0 Å². The van der Waals surface area contributed by atoms with E-state index in [-0.39, 0.29) is 11.9 Å². The van der Waals surface area contributed by atoms with Gasteiger partial charge in [-0.15, -0.1) is 0 Å². The fourth-order valence-corrected chi connectivity index (χ4v) is 5.53. The van der Waals surface area contributed by atoms with Crippen molar-refractivity contribution in [2.45, 2.75) is 64.0 Å². The van der Waals surface area contributed by atoms with E-state index < -0.39 is 15.7 Å². The van der Waals surface area contributed by atoms with Gasteiger partial charge in [0.05, 0.1) is 5.92 Å². The lowest BCUT2D eigenvalue weighted by Gasteiger charge is -2.34. The third-order valence-corrected chi connectivity index (χ3v) is 7.70. The normalized spacial score (nSPS) is 26.7. The van der Waals surface area contributed by atoms with Gasteiger partial charge in [-0.2, -0.15) is 11.1 Å². The number of carbonyl (C=O) groups is 1. The lowest BCUT2D eigenvalue weighted by atomic mass is 9.89. The van der Waals surface area contributed by atoms with Crippen molar-refractivity contribution < 1.29 is 9.22 Å². The average Bonchev–Trinajstić information content (AvgIpc) is 2.14. The van der Waals surface area contributed by atoms with Crippen LogP contribution in [0.15, 0.2) is 0 Å². The summed E-state index contributed by atoms with van der Waals surface area (Å²) in [5.74, 6) is 0.169. The fourth-order valence-electron chi connectivity index (χ4n) is 2.40. The van der Waals surface area contributed by atoms with Crippen LogP contribution in [0.4, 0.5) is 0 Å². The van der Waals surface area contributed by atoms with E-state index in [0.717, 1.165) is 25.7 Å². The van der Waals surface area contributed by atoms with E-state index in [0.29, 0.717) is 5.54 Å². The summed E-state index contributed by atoms with van der Waals surface area (Å²) in [6.45, 7) is 10.6. The van der Waals surface area contributed by atoms with E-state index in [1.54, 1.807) is 0 Å². The standard InChI is InChI=1S/C12H25ClO2Si2/c1-16(2,3)15-12(14)10-6-8-11(9-7-10)17(4,5)13/h10-11H,6-9H2,1-5H3. The smallest absolute Gasteiger partial charge is 0.295 e. The summed E-state index contributed by atoms with van der Waals surface area (Å²) in [5, 5.41) is 0. The van der Waals surface area contributed by atoms with Gasteiger partial charge in [-0.25, -0.2) is 0 Å². The minimum atomic E-state index is -1.72. The third-order valence-electron chi connectivity index (χ3n) is 3.44. The highest BCUT2D eigenvalue weighted by molar-refractivity contribution is 7.19. The molecule has 17 heavy (non-hydrogen) atoms. The number of rotatable bonds is 3. The van der Waals surface area contributed by atoms with Gasteiger partial charge < -0.3 is 4.43 Å². The van der Waals surface area contributed by atoms with Gasteiger partial charge in [-0.05, 0) is 38.0 Å². The highest BCUT2D eigenvalue weighted by Gasteiger charge is 2.36. The summed E-state index contributed by atoms with van der Waals surface area (Å²) in [5.41, 5.74) is 0.667. The fraction of sp³-hybridized carbons (Fsp3) is 0.917. The largest absolute Gasteiger partial charge is 0.520 e. The van der Waals surface area contributed by atoms with Crippen LogP contribution >= 0.6 is 11.1 Å². The maximum absolute atomic E-state index is 12.0. The second-order valence-corrected chi connectivity index (χ2v) is 17.9. The molecule has 5 heteroatoms. The maximum Gasteiger partial charge on any atom is 0.295 e. The first kappa shape index (κ1) is 15.3. The summed E-state index contributed by atoms with van der Waals surface area (Å²) in [7, 11) is -3.26. The molecule has 0 bridgehead atoms. The van der Waals surface area contributed by atoms with Crippen molar-refractivity contribution in [1.82, 2.24) is 0 Å². The van der Waals surface area contributed by atoms with Crippen LogP contribution in [0.5, 0.6) is 0 Å². The second-order valence-electron chi connectivity index (χ2n) is 6.65. The molecule has 1 aliphatic carbocycles. The molecule has 0 aliphatic heterocycles. The Balaban J connectivity index is 2.45. The molecule has 1 fully saturated rings. The third kappa shape index (κ3) is 5.14. The first-order valence-corrected chi connectivity index (χ1v) is 14.0. The molecule has 0 atom stereocenters. The van der Waals surface area contributed by atoms with Crippen molar-refractivity contribution in [1.29, 1.82) is 0 Å². The van der Waals surface area contributed by atoms with Gasteiger partial charge in [0.15, 0.2) is 7.38 Å². The summed E-state index contributed by atoms with van der Waals surface area (Å²) in [6.07, 6.45) is 4.15. The number of hydrogen-bond acceptors (Lipinski definition) is 2. The van der Waals surface area contributed by atoms with Crippen molar-refractivity contribution in [2.24, 2.45) is 5.92 Å². The molecule has 0 unspecified atom stereocenters. The quantitative estimate of drug-likeness (QED) is 0.570. The molecule has 0 heterocycles. The van der Waals surface area contributed by atoms with Gasteiger partial charge in [0.2, 0.25) is 8.32 Å². The molecule has 0 aromatic rings. The van der Waals surface area contributed by atoms with Crippen molar-refractivity contribution in [3.05, 3.63) is 0 Å². The van der Waals surface area contributed by atoms with Crippen molar-refractivity contribution >= 4 is 32.7 Å². The molecule has 100 valence electrons. The minimum absolute atomic E-state index is 0.0386. The molecule has 0 radical (unpaired) electrons. The van der Waals surface area contributed by atoms with Crippen LogP contribution in [0.2, 0.25) is 38.3 Å².